The highest BCUT2D eigenvalue weighted by Gasteiger charge is 2.56. The Bertz CT molecular complexity index is 711. The molecule has 5 heteroatoms. The Hall–Kier alpha value is -2.04. The molecule has 134 valence electrons. The highest BCUT2D eigenvalue weighted by atomic mass is 16.4. The number of rotatable bonds is 3. The summed E-state index contributed by atoms with van der Waals surface area (Å²) in [7, 11) is 0. The SMILES string of the molecule is Cc1ccc(N2CCCC2)c(C(=O)N2C[C@@H]3CCC[C@@]3(C(=O)O)C2)c1. The molecule has 1 aliphatic carbocycles. The molecule has 0 aromatic heterocycles. The van der Waals surface area contributed by atoms with Crippen molar-refractivity contribution >= 4 is 17.6 Å². The van der Waals surface area contributed by atoms with E-state index >= 15 is 0 Å². The van der Waals surface area contributed by atoms with E-state index in [1.165, 1.54) is 0 Å². The normalized spacial score (nSPS) is 28.4. The number of nitrogens with zero attached hydrogens (tertiary/aromatic N) is 2. The van der Waals surface area contributed by atoms with Gasteiger partial charge in [0.05, 0.1) is 11.0 Å². The number of hydrogen-bond acceptors (Lipinski definition) is 3. The summed E-state index contributed by atoms with van der Waals surface area (Å²) >= 11 is 0. The molecule has 5 nitrogen and oxygen atoms in total. The highest BCUT2D eigenvalue weighted by Crippen LogP contribution is 2.49. The summed E-state index contributed by atoms with van der Waals surface area (Å²) < 4.78 is 0. The summed E-state index contributed by atoms with van der Waals surface area (Å²) in [5, 5.41) is 9.77. The maximum absolute atomic E-state index is 13.3. The topological polar surface area (TPSA) is 60.9 Å². The summed E-state index contributed by atoms with van der Waals surface area (Å²) in [6.07, 6.45) is 4.90. The molecule has 1 amide bonds. The maximum atomic E-state index is 13.3. The van der Waals surface area contributed by atoms with Gasteiger partial charge in [0, 0.05) is 31.9 Å². The lowest BCUT2D eigenvalue weighted by Gasteiger charge is -2.26. The van der Waals surface area contributed by atoms with Crippen LogP contribution in [0.25, 0.3) is 0 Å². The second-order valence-corrected chi connectivity index (χ2v) is 7.95. The first-order chi connectivity index (χ1) is 12.0. The second-order valence-electron chi connectivity index (χ2n) is 7.95. The third kappa shape index (κ3) is 2.60. The number of carbonyl (C=O) groups excluding carboxylic acids is 1. The molecule has 0 unspecified atom stereocenters. The van der Waals surface area contributed by atoms with E-state index < -0.39 is 11.4 Å². The molecule has 3 fully saturated rings. The van der Waals surface area contributed by atoms with Gasteiger partial charge in [-0.3, -0.25) is 9.59 Å². The first kappa shape index (κ1) is 16.4. The number of fused-ring (bicyclic) bond motifs is 1. The number of benzene rings is 1. The Morgan fingerprint density at radius 1 is 1.20 bits per heavy atom. The predicted octanol–water partition coefficient (Wildman–Crippen LogP) is 2.92. The predicted molar refractivity (Wildman–Crippen MR) is 95.9 cm³/mol. The molecular formula is C20H26N2O3. The zero-order valence-electron chi connectivity index (χ0n) is 14.8. The molecule has 4 rings (SSSR count). The van der Waals surface area contributed by atoms with E-state index in [0.717, 1.165) is 55.6 Å². The van der Waals surface area contributed by atoms with Crippen molar-refractivity contribution in [2.45, 2.75) is 39.0 Å². The van der Waals surface area contributed by atoms with Crippen molar-refractivity contribution in [3.63, 3.8) is 0 Å². The van der Waals surface area contributed by atoms with Crippen molar-refractivity contribution in [3.8, 4) is 0 Å². The number of hydrogen-bond donors (Lipinski definition) is 1. The summed E-state index contributed by atoms with van der Waals surface area (Å²) in [5.41, 5.74) is 2.10. The highest BCUT2D eigenvalue weighted by molar-refractivity contribution is 6.00. The van der Waals surface area contributed by atoms with Gasteiger partial charge >= 0.3 is 5.97 Å². The van der Waals surface area contributed by atoms with Crippen LogP contribution in [0.3, 0.4) is 0 Å². The van der Waals surface area contributed by atoms with Gasteiger partial charge in [-0.15, -0.1) is 0 Å². The Morgan fingerprint density at radius 3 is 2.64 bits per heavy atom. The lowest BCUT2D eigenvalue weighted by atomic mass is 9.81. The van der Waals surface area contributed by atoms with Crippen molar-refractivity contribution in [2.75, 3.05) is 31.1 Å². The summed E-state index contributed by atoms with van der Waals surface area (Å²) in [4.78, 5) is 29.3. The van der Waals surface area contributed by atoms with Crippen LogP contribution in [-0.2, 0) is 4.79 Å². The van der Waals surface area contributed by atoms with Gasteiger partial charge in [0.25, 0.3) is 5.91 Å². The Labute approximate surface area is 148 Å². The third-order valence-corrected chi connectivity index (χ3v) is 6.41. The van der Waals surface area contributed by atoms with Crippen LogP contribution < -0.4 is 4.90 Å². The Kier molecular flexibility index (Phi) is 3.97. The molecule has 0 bridgehead atoms. The fourth-order valence-corrected chi connectivity index (χ4v) is 5.02. The summed E-state index contributed by atoms with van der Waals surface area (Å²) in [6, 6.07) is 6.08. The molecule has 2 atom stereocenters. The molecule has 2 aliphatic heterocycles. The number of anilines is 1. The monoisotopic (exact) mass is 342 g/mol. The van der Waals surface area contributed by atoms with Gasteiger partial charge in [0.1, 0.15) is 0 Å². The van der Waals surface area contributed by atoms with Crippen molar-refractivity contribution < 1.29 is 14.7 Å². The number of aryl methyl sites for hydroxylation is 1. The van der Waals surface area contributed by atoms with E-state index in [2.05, 4.69) is 17.0 Å². The molecule has 1 aromatic rings. The van der Waals surface area contributed by atoms with E-state index in [4.69, 9.17) is 0 Å². The van der Waals surface area contributed by atoms with Crippen LogP contribution in [0.15, 0.2) is 18.2 Å². The second kappa shape index (κ2) is 6.04. The van der Waals surface area contributed by atoms with Crippen LogP contribution in [-0.4, -0.2) is 48.1 Å². The summed E-state index contributed by atoms with van der Waals surface area (Å²) in [6.45, 7) is 4.93. The average molecular weight is 342 g/mol. The van der Waals surface area contributed by atoms with E-state index in [1.54, 1.807) is 4.90 Å². The molecule has 1 saturated carbocycles. The van der Waals surface area contributed by atoms with Crippen molar-refractivity contribution in [1.29, 1.82) is 0 Å². The quantitative estimate of drug-likeness (QED) is 0.917. The van der Waals surface area contributed by atoms with Gasteiger partial charge < -0.3 is 14.9 Å². The smallest absolute Gasteiger partial charge is 0.311 e. The minimum atomic E-state index is -0.727. The molecule has 25 heavy (non-hydrogen) atoms. The van der Waals surface area contributed by atoms with Crippen molar-refractivity contribution in [3.05, 3.63) is 29.3 Å². The van der Waals surface area contributed by atoms with E-state index in [-0.39, 0.29) is 11.8 Å². The zero-order chi connectivity index (χ0) is 17.6. The van der Waals surface area contributed by atoms with Gasteiger partial charge in [-0.25, -0.2) is 0 Å². The van der Waals surface area contributed by atoms with E-state index in [0.29, 0.717) is 19.5 Å². The molecule has 3 aliphatic rings. The van der Waals surface area contributed by atoms with Gasteiger partial charge in [-0.1, -0.05) is 18.1 Å². The number of carbonyl (C=O) groups is 2. The lowest BCUT2D eigenvalue weighted by Crippen LogP contribution is -2.37. The van der Waals surface area contributed by atoms with Gasteiger partial charge in [-0.05, 0) is 50.7 Å². The van der Waals surface area contributed by atoms with E-state index in [9.17, 15) is 14.7 Å². The van der Waals surface area contributed by atoms with Gasteiger partial charge in [0.15, 0.2) is 0 Å². The molecule has 2 saturated heterocycles. The molecule has 1 N–H and O–H groups in total. The van der Waals surface area contributed by atoms with Crippen LogP contribution in [0, 0.1) is 18.3 Å². The average Bonchev–Trinajstić information content (AvgIpc) is 3.29. The number of carboxylic acid groups (broad SMARTS) is 1. The van der Waals surface area contributed by atoms with E-state index in [1.807, 2.05) is 13.0 Å². The van der Waals surface area contributed by atoms with Crippen LogP contribution in [0.2, 0.25) is 0 Å². The summed E-state index contributed by atoms with van der Waals surface area (Å²) in [5.74, 6) is -0.621. The molecule has 2 heterocycles. The van der Waals surface area contributed by atoms with Crippen LogP contribution in [0.1, 0.15) is 48.0 Å². The van der Waals surface area contributed by atoms with Crippen LogP contribution >= 0.6 is 0 Å². The number of aliphatic carboxylic acids is 1. The number of amides is 1. The molecule has 1 aromatic carbocycles. The minimum Gasteiger partial charge on any atom is -0.481 e. The Morgan fingerprint density at radius 2 is 1.96 bits per heavy atom. The number of likely N-dealkylation sites (tertiary alicyclic amines) is 1. The third-order valence-electron chi connectivity index (χ3n) is 6.41. The van der Waals surface area contributed by atoms with Crippen LogP contribution in [0.5, 0.6) is 0 Å². The number of carboxylic acids is 1. The Balaban J connectivity index is 1.64. The lowest BCUT2D eigenvalue weighted by molar-refractivity contribution is -0.149. The van der Waals surface area contributed by atoms with Crippen molar-refractivity contribution in [2.24, 2.45) is 11.3 Å². The van der Waals surface area contributed by atoms with Gasteiger partial charge in [0.2, 0.25) is 0 Å². The fraction of sp³-hybridized carbons (Fsp3) is 0.600. The fourth-order valence-electron chi connectivity index (χ4n) is 5.02. The standard InChI is InChI=1S/C20H26N2O3/c1-14-6-7-17(21-9-2-3-10-21)16(11-14)18(23)22-12-15-5-4-8-20(15,13-22)19(24)25/h6-7,11,15H,2-5,8-10,12-13H2,1H3,(H,24,25)/t15-,20+/m0/s1. The largest absolute Gasteiger partial charge is 0.481 e. The first-order valence-corrected chi connectivity index (χ1v) is 9.39. The van der Waals surface area contributed by atoms with Gasteiger partial charge in [-0.2, -0.15) is 0 Å². The van der Waals surface area contributed by atoms with Crippen LogP contribution in [0.4, 0.5) is 5.69 Å². The molecule has 0 spiro atoms. The zero-order valence-corrected chi connectivity index (χ0v) is 14.8. The molecular weight excluding hydrogens is 316 g/mol. The van der Waals surface area contributed by atoms with Crippen molar-refractivity contribution in [1.82, 2.24) is 4.90 Å². The first-order valence-electron chi connectivity index (χ1n) is 9.39. The maximum Gasteiger partial charge on any atom is 0.311 e. The minimum absolute atomic E-state index is 0.000579. The molecule has 0 radical (unpaired) electrons.